The third-order valence-electron chi connectivity index (χ3n) is 5.86. The van der Waals surface area contributed by atoms with E-state index in [0.717, 1.165) is 32.5 Å². The van der Waals surface area contributed by atoms with E-state index < -0.39 is 0 Å². The summed E-state index contributed by atoms with van der Waals surface area (Å²) in [5.74, 6) is 0.482. The second-order valence-corrected chi connectivity index (χ2v) is 9.26. The summed E-state index contributed by atoms with van der Waals surface area (Å²) in [5.41, 5.74) is 1.04. The van der Waals surface area contributed by atoms with Crippen LogP contribution >= 0.6 is 0 Å². The van der Waals surface area contributed by atoms with Crippen LogP contribution in [0.3, 0.4) is 0 Å². The molecule has 0 radical (unpaired) electrons. The van der Waals surface area contributed by atoms with E-state index in [4.69, 9.17) is 4.74 Å². The molecule has 1 aromatic rings. The monoisotopic (exact) mass is 372 g/mol. The molecule has 0 spiro atoms. The normalized spacial score (nSPS) is 25.3. The lowest BCUT2D eigenvalue weighted by Gasteiger charge is -2.42. The van der Waals surface area contributed by atoms with Crippen molar-refractivity contribution < 1.29 is 9.53 Å². The van der Waals surface area contributed by atoms with Crippen LogP contribution in [-0.2, 0) is 16.1 Å². The molecule has 0 bridgehead atoms. The summed E-state index contributed by atoms with van der Waals surface area (Å²) in [4.78, 5) is 17.3. The van der Waals surface area contributed by atoms with Gasteiger partial charge in [0.15, 0.2) is 0 Å². The minimum absolute atomic E-state index is 0.0273. The van der Waals surface area contributed by atoms with Crippen molar-refractivity contribution in [2.45, 2.75) is 71.1 Å². The number of benzene rings is 1. The summed E-state index contributed by atoms with van der Waals surface area (Å²) in [6, 6.07) is 11.5. The van der Waals surface area contributed by atoms with Crippen molar-refractivity contribution >= 4 is 5.97 Å². The molecular formula is C23H36N2O2. The fourth-order valence-electron chi connectivity index (χ4n) is 4.46. The third-order valence-corrected chi connectivity index (χ3v) is 5.86. The molecule has 0 aromatic heterocycles. The van der Waals surface area contributed by atoms with Gasteiger partial charge in [-0.3, -0.25) is 14.6 Å². The molecule has 3 rings (SSSR count). The van der Waals surface area contributed by atoms with Crippen molar-refractivity contribution in [1.82, 2.24) is 9.80 Å². The molecule has 1 aliphatic carbocycles. The number of piperazine rings is 1. The molecule has 1 heterocycles. The number of carbonyl (C=O) groups is 1. The summed E-state index contributed by atoms with van der Waals surface area (Å²) in [5, 5.41) is 0. The molecule has 4 heteroatoms. The van der Waals surface area contributed by atoms with Crippen LogP contribution in [0.1, 0.15) is 58.4 Å². The SMILES string of the molecule is CC(C)(C)OC(=O)C[C@H]1CC[C@H](N2CCN(Cc3ccccc3)CC2)CC1. The Kier molecular flexibility index (Phi) is 6.93. The van der Waals surface area contributed by atoms with Gasteiger partial charge < -0.3 is 4.74 Å². The van der Waals surface area contributed by atoms with Crippen molar-refractivity contribution in [2.24, 2.45) is 5.92 Å². The Morgan fingerprint density at radius 2 is 1.63 bits per heavy atom. The number of nitrogens with zero attached hydrogens (tertiary/aromatic N) is 2. The summed E-state index contributed by atoms with van der Waals surface area (Å²) in [6.45, 7) is 11.6. The van der Waals surface area contributed by atoms with Gasteiger partial charge in [0.2, 0.25) is 0 Å². The lowest BCUT2D eigenvalue weighted by Crippen LogP contribution is -2.50. The van der Waals surface area contributed by atoms with Gasteiger partial charge in [-0.25, -0.2) is 0 Å². The fraction of sp³-hybridized carbons (Fsp3) is 0.696. The van der Waals surface area contributed by atoms with E-state index in [2.05, 4.69) is 40.1 Å². The topological polar surface area (TPSA) is 32.8 Å². The molecule has 0 unspecified atom stereocenters. The van der Waals surface area contributed by atoms with Crippen LogP contribution in [0.2, 0.25) is 0 Å². The van der Waals surface area contributed by atoms with Gasteiger partial charge in [0.25, 0.3) is 0 Å². The minimum Gasteiger partial charge on any atom is -0.460 e. The molecule has 1 aromatic carbocycles. The first-order valence-electron chi connectivity index (χ1n) is 10.6. The molecule has 27 heavy (non-hydrogen) atoms. The summed E-state index contributed by atoms with van der Waals surface area (Å²) in [6.07, 6.45) is 5.37. The van der Waals surface area contributed by atoms with Crippen LogP contribution in [-0.4, -0.2) is 53.6 Å². The van der Waals surface area contributed by atoms with Crippen LogP contribution < -0.4 is 0 Å². The van der Waals surface area contributed by atoms with Gasteiger partial charge in [0.05, 0.1) is 0 Å². The van der Waals surface area contributed by atoms with Gasteiger partial charge in [-0.2, -0.15) is 0 Å². The van der Waals surface area contributed by atoms with Crippen LogP contribution in [0.15, 0.2) is 30.3 Å². The highest BCUT2D eigenvalue weighted by molar-refractivity contribution is 5.70. The predicted molar refractivity (Wildman–Crippen MR) is 110 cm³/mol. The van der Waals surface area contributed by atoms with Crippen LogP contribution in [0.4, 0.5) is 0 Å². The second kappa shape index (κ2) is 9.20. The molecule has 2 aliphatic rings. The maximum absolute atomic E-state index is 12.1. The second-order valence-electron chi connectivity index (χ2n) is 9.26. The number of rotatable bonds is 5. The van der Waals surface area contributed by atoms with Crippen molar-refractivity contribution in [3.05, 3.63) is 35.9 Å². The van der Waals surface area contributed by atoms with E-state index in [9.17, 15) is 4.79 Å². The van der Waals surface area contributed by atoms with E-state index >= 15 is 0 Å². The molecule has 1 saturated heterocycles. The van der Waals surface area contributed by atoms with Gasteiger partial charge in [-0.15, -0.1) is 0 Å². The number of hydrogen-bond donors (Lipinski definition) is 0. The first-order chi connectivity index (χ1) is 12.9. The zero-order valence-electron chi connectivity index (χ0n) is 17.3. The Hall–Kier alpha value is -1.39. The Morgan fingerprint density at radius 1 is 1.00 bits per heavy atom. The van der Waals surface area contributed by atoms with E-state index in [1.807, 2.05) is 20.8 Å². The van der Waals surface area contributed by atoms with E-state index in [1.54, 1.807) is 0 Å². The van der Waals surface area contributed by atoms with Gasteiger partial charge >= 0.3 is 5.97 Å². The van der Waals surface area contributed by atoms with Crippen molar-refractivity contribution in [3.63, 3.8) is 0 Å². The minimum atomic E-state index is -0.367. The Morgan fingerprint density at radius 3 is 2.22 bits per heavy atom. The molecule has 4 nitrogen and oxygen atoms in total. The Labute approximate surface area is 164 Å². The molecule has 2 fully saturated rings. The largest absolute Gasteiger partial charge is 0.460 e. The zero-order valence-corrected chi connectivity index (χ0v) is 17.3. The highest BCUT2D eigenvalue weighted by atomic mass is 16.6. The van der Waals surface area contributed by atoms with Gasteiger partial charge in [0.1, 0.15) is 5.60 Å². The first kappa shape index (κ1) is 20.3. The quantitative estimate of drug-likeness (QED) is 0.729. The van der Waals surface area contributed by atoms with E-state index in [-0.39, 0.29) is 11.6 Å². The molecule has 0 atom stereocenters. The lowest BCUT2D eigenvalue weighted by atomic mass is 9.83. The van der Waals surface area contributed by atoms with Gasteiger partial charge in [0, 0.05) is 45.2 Å². The fourth-order valence-corrected chi connectivity index (χ4v) is 4.46. The summed E-state index contributed by atoms with van der Waals surface area (Å²) in [7, 11) is 0. The summed E-state index contributed by atoms with van der Waals surface area (Å²) >= 11 is 0. The number of ether oxygens (including phenoxy) is 1. The van der Waals surface area contributed by atoms with E-state index in [0.29, 0.717) is 18.4 Å². The van der Waals surface area contributed by atoms with Crippen molar-refractivity contribution in [3.8, 4) is 0 Å². The molecular weight excluding hydrogens is 336 g/mol. The maximum Gasteiger partial charge on any atom is 0.306 e. The van der Waals surface area contributed by atoms with Crippen molar-refractivity contribution in [2.75, 3.05) is 26.2 Å². The average Bonchev–Trinajstić information content (AvgIpc) is 2.62. The van der Waals surface area contributed by atoms with Crippen molar-refractivity contribution in [1.29, 1.82) is 0 Å². The molecule has 1 saturated carbocycles. The molecule has 0 amide bonds. The Bertz CT molecular complexity index is 580. The van der Waals surface area contributed by atoms with Gasteiger partial charge in [-0.1, -0.05) is 30.3 Å². The maximum atomic E-state index is 12.1. The lowest BCUT2D eigenvalue weighted by molar-refractivity contribution is -0.156. The number of hydrogen-bond acceptors (Lipinski definition) is 4. The summed E-state index contributed by atoms with van der Waals surface area (Å²) < 4.78 is 5.49. The number of esters is 1. The van der Waals surface area contributed by atoms with Crippen LogP contribution in [0.25, 0.3) is 0 Å². The Balaban J connectivity index is 1.36. The third kappa shape index (κ3) is 6.62. The zero-order chi connectivity index (χ0) is 19.3. The van der Waals surface area contributed by atoms with Crippen LogP contribution in [0.5, 0.6) is 0 Å². The highest BCUT2D eigenvalue weighted by Gasteiger charge is 2.30. The van der Waals surface area contributed by atoms with Crippen LogP contribution in [0, 0.1) is 5.92 Å². The first-order valence-corrected chi connectivity index (χ1v) is 10.6. The predicted octanol–water partition coefficient (Wildman–Crippen LogP) is 4.09. The number of carbonyl (C=O) groups excluding carboxylic acids is 1. The standard InChI is InChI=1S/C23H36N2O2/c1-23(2,3)27-22(26)17-19-9-11-21(12-10-19)25-15-13-24(14-16-25)18-20-7-5-4-6-8-20/h4-8,19,21H,9-18H2,1-3H3/t19-,21-. The van der Waals surface area contributed by atoms with E-state index in [1.165, 1.54) is 31.5 Å². The average molecular weight is 373 g/mol. The molecule has 0 N–H and O–H groups in total. The molecule has 1 aliphatic heterocycles. The smallest absolute Gasteiger partial charge is 0.306 e. The van der Waals surface area contributed by atoms with Gasteiger partial charge in [-0.05, 0) is 57.9 Å². The highest BCUT2D eigenvalue weighted by Crippen LogP contribution is 2.31. The molecule has 150 valence electrons.